The third kappa shape index (κ3) is 7.89. The minimum Gasteiger partial charge on any atom is -0.492 e. The van der Waals surface area contributed by atoms with Gasteiger partial charge in [-0.1, -0.05) is 19.6 Å². The summed E-state index contributed by atoms with van der Waals surface area (Å²) in [6.45, 7) is 8.78. The molecule has 0 saturated carbocycles. The highest BCUT2D eigenvalue weighted by Crippen LogP contribution is 2.63. The van der Waals surface area contributed by atoms with Crippen LogP contribution < -0.4 is 4.74 Å². The Morgan fingerprint density at radius 1 is 1.15 bits per heavy atom. The molecule has 0 bridgehead atoms. The normalized spacial score (nSPS) is 13.4. The molecule has 0 aliphatic rings. The van der Waals surface area contributed by atoms with Gasteiger partial charge in [-0.25, -0.2) is 4.98 Å². The molecule has 2 N–H and O–H groups in total. The van der Waals surface area contributed by atoms with E-state index in [1.54, 1.807) is 17.7 Å². The zero-order chi connectivity index (χ0) is 29.4. The maximum absolute atomic E-state index is 14.7. The van der Waals surface area contributed by atoms with Gasteiger partial charge in [0.15, 0.2) is 0 Å². The van der Waals surface area contributed by atoms with Gasteiger partial charge in [0, 0.05) is 36.5 Å². The van der Waals surface area contributed by atoms with Crippen LogP contribution in [0.1, 0.15) is 23.5 Å². The van der Waals surface area contributed by atoms with Crippen LogP contribution in [-0.2, 0) is 21.7 Å². The summed E-state index contributed by atoms with van der Waals surface area (Å²) in [5, 5.41) is 0.163. The average Bonchev–Trinajstić information content (AvgIpc) is 3.32. The number of thiophene rings is 1. The molecule has 3 aromatic rings. The minimum absolute atomic E-state index is 0.00758. The van der Waals surface area contributed by atoms with Crippen LogP contribution in [0, 0.1) is 6.92 Å². The summed E-state index contributed by atoms with van der Waals surface area (Å²) in [6, 6.07) is 3.97. The fraction of sp³-hybridized carbons (Fsp3) is 0.522. The molecule has 0 spiro atoms. The number of aryl methyl sites for hydroxylation is 1. The highest BCUT2D eigenvalue weighted by Gasteiger charge is 2.53. The van der Waals surface area contributed by atoms with Gasteiger partial charge in [-0.05, 0) is 47.5 Å². The van der Waals surface area contributed by atoms with Crippen molar-refractivity contribution >= 4 is 53.0 Å². The highest BCUT2D eigenvalue weighted by molar-refractivity contribution is 9.10. The second kappa shape index (κ2) is 11.9. The fourth-order valence-corrected chi connectivity index (χ4v) is 7.30. The van der Waals surface area contributed by atoms with Gasteiger partial charge in [-0.2, -0.15) is 22.0 Å². The van der Waals surface area contributed by atoms with Crippen LogP contribution in [0.3, 0.4) is 0 Å². The predicted molar refractivity (Wildman–Crippen MR) is 146 cm³/mol. The monoisotopic (exact) mass is 678 g/mol. The van der Waals surface area contributed by atoms with Crippen molar-refractivity contribution in [2.75, 3.05) is 13.2 Å². The lowest BCUT2D eigenvalue weighted by molar-refractivity contribution is -0.136. The molecule has 16 heteroatoms. The average molecular weight is 680 g/mol. The van der Waals surface area contributed by atoms with Gasteiger partial charge < -0.3 is 23.8 Å². The van der Waals surface area contributed by atoms with Gasteiger partial charge in [-0.3, -0.25) is 4.57 Å². The van der Waals surface area contributed by atoms with Gasteiger partial charge in [0.25, 0.3) is 0 Å². The Morgan fingerprint density at radius 2 is 1.82 bits per heavy atom. The van der Waals surface area contributed by atoms with E-state index in [4.69, 9.17) is 9.47 Å². The summed E-state index contributed by atoms with van der Waals surface area (Å²) in [4.78, 5) is 22.0. The number of hydrogen-bond acceptors (Lipinski definition) is 5. The molecule has 0 unspecified atom stereocenters. The molecule has 0 saturated heterocycles. The lowest BCUT2D eigenvalue weighted by Gasteiger charge is -2.17. The molecular weight excluding hydrogens is 650 g/mol. The number of rotatable bonds is 12. The third-order valence-corrected chi connectivity index (χ3v) is 11.0. The molecule has 218 valence electrons. The van der Waals surface area contributed by atoms with E-state index in [2.05, 4.69) is 40.6 Å². The lowest BCUT2D eigenvalue weighted by Crippen LogP contribution is -2.22. The zero-order valence-electron chi connectivity index (χ0n) is 21.6. The molecule has 3 rings (SSSR count). The summed E-state index contributed by atoms with van der Waals surface area (Å²) in [7, 11) is -7.21. The molecule has 2 aromatic heterocycles. The molecule has 0 amide bonds. The SMILES string of the molecule is Cc1ncc(-c2cc(OCCCC(F)(F)F)c3sc(C(F)(F)P(=O)(O)O)c(Br)c3c2)n1COCC[Si](C)(C)C. The molecule has 1 aromatic carbocycles. The summed E-state index contributed by atoms with van der Waals surface area (Å²) < 4.78 is 92.0. The zero-order valence-corrected chi connectivity index (χ0v) is 25.9. The molecule has 7 nitrogen and oxygen atoms in total. The number of aromatic nitrogens is 2. The van der Waals surface area contributed by atoms with E-state index < -0.39 is 38.8 Å². The number of ether oxygens (including phenoxy) is 2. The highest BCUT2D eigenvalue weighted by atomic mass is 79.9. The Morgan fingerprint density at radius 3 is 2.41 bits per heavy atom. The second-order valence-electron chi connectivity index (χ2n) is 10.2. The first-order chi connectivity index (χ1) is 17.8. The van der Waals surface area contributed by atoms with Gasteiger partial charge in [0.1, 0.15) is 23.2 Å². The van der Waals surface area contributed by atoms with Crippen LogP contribution in [0.15, 0.2) is 22.8 Å². The van der Waals surface area contributed by atoms with Crippen molar-refractivity contribution in [3.05, 3.63) is 33.5 Å². The largest absolute Gasteiger partial charge is 0.492 e. The molecule has 2 heterocycles. The van der Waals surface area contributed by atoms with Gasteiger partial charge >= 0.3 is 19.4 Å². The number of halogens is 6. The fourth-order valence-electron chi connectivity index (χ4n) is 3.57. The lowest BCUT2D eigenvalue weighted by atomic mass is 10.1. The molecule has 39 heavy (non-hydrogen) atoms. The van der Waals surface area contributed by atoms with E-state index in [1.165, 1.54) is 12.1 Å². The quantitative estimate of drug-likeness (QED) is 0.0870. The maximum Gasteiger partial charge on any atom is 0.400 e. The number of hydrogen-bond donors (Lipinski definition) is 2. The molecule has 0 aliphatic carbocycles. The summed E-state index contributed by atoms with van der Waals surface area (Å²) in [5.74, 6) is 0.622. The Labute approximate surface area is 235 Å². The van der Waals surface area contributed by atoms with E-state index in [1.807, 2.05) is 0 Å². The van der Waals surface area contributed by atoms with Crippen LogP contribution in [-0.4, -0.2) is 46.8 Å². The summed E-state index contributed by atoms with van der Waals surface area (Å²) >= 11 is 3.46. The Bertz CT molecular complexity index is 1370. The van der Waals surface area contributed by atoms with E-state index in [0.29, 0.717) is 35.0 Å². The second-order valence-corrected chi connectivity index (χ2v) is 19.3. The first kappa shape index (κ1) is 32.2. The number of alkyl halides is 5. The van der Waals surface area contributed by atoms with Crippen molar-refractivity contribution in [3.8, 4) is 17.0 Å². The van der Waals surface area contributed by atoms with Crippen molar-refractivity contribution in [3.63, 3.8) is 0 Å². The van der Waals surface area contributed by atoms with Gasteiger partial charge in [-0.15, -0.1) is 11.3 Å². The third-order valence-electron chi connectivity index (χ3n) is 5.76. The number of benzene rings is 1. The van der Waals surface area contributed by atoms with E-state index in [9.17, 15) is 36.3 Å². The van der Waals surface area contributed by atoms with Crippen molar-refractivity contribution < 1.29 is 45.8 Å². The molecule has 0 atom stereocenters. The summed E-state index contributed by atoms with van der Waals surface area (Å²) in [6.07, 6.45) is -4.29. The number of fused-ring (bicyclic) bond motifs is 1. The van der Waals surface area contributed by atoms with E-state index in [0.717, 1.165) is 6.04 Å². The van der Waals surface area contributed by atoms with Gasteiger partial charge in [0.05, 0.1) is 23.2 Å². The molecular formula is C23H29BrF5N2O5PSSi. The number of nitrogens with zero attached hydrogens (tertiary/aromatic N) is 2. The minimum atomic E-state index is -5.88. The standard InChI is InChI=1S/C23H29BrF5N2O5PSSi/c1-14-30-12-17(31(14)13-35-8-9-39(2,3)4)15-10-16-19(24)21(23(28,29)37(32,33)34)38-20(16)18(11-15)36-7-5-6-22(25,26)27/h10-12H,5-9,13H2,1-4H3,(H2,32,33,34). The first-order valence-corrected chi connectivity index (χ1v) is 18.7. The smallest absolute Gasteiger partial charge is 0.400 e. The van der Waals surface area contributed by atoms with Crippen molar-refractivity contribution in [1.29, 1.82) is 0 Å². The summed E-state index contributed by atoms with van der Waals surface area (Å²) in [5.41, 5.74) is -3.50. The van der Waals surface area contributed by atoms with Crippen molar-refractivity contribution in [1.82, 2.24) is 9.55 Å². The van der Waals surface area contributed by atoms with Crippen LogP contribution in [0.2, 0.25) is 25.7 Å². The maximum atomic E-state index is 14.7. The van der Waals surface area contributed by atoms with E-state index in [-0.39, 0.29) is 40.1 Å². The van der Waals surface area contributed by atoms with E-state index >= 15 is 0 Å². The van der Waals surface area contributed by atoms with Gasteiger partial charge in [0.2, 0.25) is 0 Å². The molecule has 0 fully saturated rings. The Balaban J connectivity index is 2.06. The predicted octanol–water partition coefficient (Wildman–Crippen LogP) is 8.10. The van der Waals surface area contributed by atoms with Crippen LogP contribution in [0.25, 0.3) is 21.3 Å². The van der Waals surface area contributed by atoms with Crippen LogP contribution in [0.4, 0.5) is 22.0 Å². The van der Waals surface area contributed by atoms with Crippen LogP contribution >= 0.6 is 34.9 Å². The van der Waals surface area contributed by atoms with Crippen LogP contribution in [0.5, 0.6) is 5.75 Å². The first-order valence-electron chi connectivity index (χ1n) is 11.8. The van der Waals surface area contributed by atoms with Crippen molar-refractivity contribution in [2.24, 2.45) is 0 Å². The number of imidazole rings is 1. The molecule has 0 aliphatic heterocycles. The topological polar surface area (TPSA) is 93.8 Å². The molecule has 0 radical (unpaired) electrons. The Kier molecular flexibility index (Phi) is 9.79. The Hall–Kier alpha value is -1.35. The van der Waals surface area contributed by atoms with Crippen molar-refractivity contribution in [2.45, 2.75) is 64.0 Å².